The minimum atomic E-state index is -0.517. The Kier molecular flexibility index (Phi) is 6.42. The van der Waals surface area contributed by atoms with Gasteiger partial charge in [0.2, 0.25) is 5.75 Å². The lowest BCUT2D eigenvalue weighted by molar-refractivity contribution is -0.384. The number of nitrogens with zero attached hydrogens (tertiary/aromatic N) is 1. The number of nitro groups is 1. The summed E-state index contributed by atoms with van der Waals surface area (Å²) in [6.45, 7) is 1.90. The van der Waals surface area contributed by atoms with Crippen LogP contribution >= 0.6 is 0 Å². The Morgan fingerprint density at radius 2 is 1.78 bits per heavy atom. The van der Waals surface area contributed by atoms with Gasteiger partial charge in [-0.25, -0.2) is 4.79 Å². The van der Waals surface area contributed by atoms with Crippen LogP contribution < -0.4 is 24.8 Å². The van der Waals surface area contributed by atoms with E-state index in [1.54, 1.807) is 25.1 Å². The minimum absolute atomic E-state index is 0.0996. The summed E-state index contributed by atoms with van der Waals surface area (Å²) in [5.74, 6) is 1.38. The Morgan fingerprint density at radius 3 is 2.37 bits per heavy atom. The van der Waals surface area contributed by atoms with E-state index in [9.17, 15) is 14.9 Å². The second kappa shape index (κ2) is 8.75. The molecule has 0 aliphatic rings. The Balaban J connectivity index is 2.12. The number of non-ortho nitro benzene ring substituents is 1. The molecule has 0 aliphatic carbocycles. The van der Waals surface area contributed by atoms with Gasteiger partial charge >= 0.3 is 6.03 Å². The highest BCUT2D eigenvalue weighted by Gasteiger charge is 2.17. The summed E-state index contributed by atoms with van der Waals surface area (Å²) < 4.78 is 15.9. The zero-order chi connectivity index (χ0) is 20.0. The number of anilines is 1. The van der Waals surface area contributed by atoms with Crippen molar-refractivity contribution in [3.8, 4) is 17.2 Å². The zero-order valence-corrected chi connectivity index (χ0v) is 15.5. The quantitative estimate of drug-likeness (QED) is 0.567. The number of carbonyl (C=O) groups excluding carboxylic acids is 1. The van der Waals surface area contributed by atoms with Crippen molar-refractivity contribution >= 4 is 17.4 Å². The summed E-state index contributed by atoms with van der Waals surface area (Å²) >= 11 is 0. The molecule has 144 valence electrons. The van der Waals surface area contributed by atoms with Gasteiger partial charge in [-0.1, -0.05) is 6.07 Å². The summed E-state index contributed by atoms with van der Waals surface area (Å²) in [5, 5.41) is 16.2. The van der Waals surface area contributed by atoms with Crippen molar-refractivity contribution in [2.75, 3.05) is 26.6 Å². The molecule has 9 nitrogen and oxygen atoms in total. The highest BCUT2D eigenvalue weighted by atomic mass is 16.6. The van der Waals surface area contributed by atoms with Crippen LogP contribution in [0.4, 0.5) is 16.2 Å². The molecular weight excluding hydrogens is 354 g/mol. The molecule has 0 fully saturated rings. The normalized spacial score (nSPS) is 10.1. The van der Waals surface area contributed by atoms with Crippen LogP contribution in [0.1, 0.15) is 11.1 Å². The number of benzene rings is 2. The van der Waals surface area contributed by atoms with E-state index in [0.29, 0.717) is 34.1 Å². The molecule has 2 aromatic rings. The molecule has 0 bridgehead atoms. The molecule has 2 aromatic carbocycles. The third-order valence-corrected chi connectivity index (χ3v) is 3.91. The number of aryl methyl sites for hydroxylation is 1. The standard InChI is InChI=1S/C18H21N3O6/c1-11-5-7-13(21(23)24)9-14(11)20-18(22)19-10-12-6-8-15(25-2)17(27-4)16(12)26-3/h5-9H,10H2,1-4H3,(H2,19,20,22). The number of amides is 2. The number of ether oxygens (including phenoxy) is 3. The number of hydrogen-bond acceptors (Lipinski definition) is 6. The molecule has 0 atom stereocenters. The largest absolute Gasteiger partial charge is 0.493 e. The molecule has 0 heterocycles. The first-order chi connectivity index (χ1) is 12.9. The van der Waals surface area contributed by atoms with Crippen LogP contribution in [-0.2, 0) is 6.54 Å². The molecule has 0 spiro atoms. The van der Waals surface area contributed by atoms with Gasteiger partial charge in [-0.3, -0.25) is 10.1 Å². The van der Waals surface area contributed by atoms with Gasteiger partial charge in [0, 0.05) is 24.2 Å². The Bertz CT molecular complexity index is 853. The average molecular weight is 375 g/mol. The fourth-order valence-electron chi connectivity index (χ4n) is 2.50. The number of hydrogen-bond donors (Lipinski definition) is 2. The Labute approximate surface area is 156 Å². The van der Waals surface area contributed by atoms with E-state index >= 15 is 0 Å². The lowest BCUT2D eigenvalue weighted by Gasteiger charge is -2.16. The summed E-state index contributed by atoms with van der Waals surface area (Å²) in [5.41, 5.74) is 1.65. The van der Waals surface area contributed by atoms with Gasteiger partial charge in [-0.2, -0.15) is 0 Å². The van der Waals surface area contributed by atoms with Crippen LogP contribution in [0.25, 0.3) is 0 Å². The minimum Gasteiger partial charge on any atom is -0.493 e. The topological polar surface area (TPSA) is 112 Å². The maximum absolute atomic E-state index is 12.2. The van der Waals surface area contributed by atoms with Crippen molar-refractivity contribution in [2.24, 2.45) is 0 Å². The van der Waals surface area contributed by atoms with Gasteiger partial charge in [0.05, 0.1) is 31.9 Å². The molecule has 9 heteroatoms. The average Bonchev–Trinajstić information content (AvgIpc) is 2.66. The first-order valence-corrected chi connectivity index (χ1v) is 7.99. The maximum Gasteiger partial charge on any atom is 0.319 e. The monoisotopic (exact) mass is 375 g/mol. The van der Waals surface area contributed by atoms with Crippen molar-refractivity contribution < 1.29 is 23.9 Å². The summed E-state index contributed by atoms with van der Waals surface area (Å²) in [4.78, 5) is 22.6. The van der Waals surface area contributed by atoms with Gasteiger partial charge in [-0.05, 0) is 24.6 Å². The molecule has 2 N–H and O–H groups in total. The lowest BCUT2D eigenvalue weighted by Crippen LogP contribution is -2.28. The number of methoxy groups -OCH3 is 3. The molecule has 0 saturated heterocycles. The summed E-state index contributed by atoms with van der Waals surface area (Å²) in [6, 6.07) is 7.22. The van der Waals surface area contributed by atoms with E-state index in [1.165, 1.54) is 33.5 Å². The third-order valence-electron chi connectivity index (χ3n) is 3.91. The van der Waals surface area contributed by atoms with Crippen molar-refractivity contribution in [3.63, 3.8) is 0 Å². The fourth-order valence-corrected chi connectivity index (χ4v) is 2.50. The van der Waals surface area contributed by atoms with Crippen LogP contribution in [0.5, 0.6) is 17.2 Å². The Morgan fingerprint density at radius 1 is 1.07 bits per heavy atom. The van der Waals surface area contributed by atoms with Crippen molar-refractivity contribution in [2.45, 2.75) is 13.5 Å². The van der Waals surface area contributed by atoms with Gasteiger partial charge < -0.3 is 24.8 Å². The molecule has 0 aromatic heterocycles. The van der Waals surface area contributed by atoms with E-state index < -0.39 is 11.0 Å². The van der Waals surface area contributed by atoms with E-state index in [0.717, 1.165) is 0 Å². The van der Waals surface area contributed by atoms with Crippen LogP contribution in [0, 0.1) is 17.0 Å². The lowest BCUT2D eigenvalue weighted by atomic mass is 10.1. The van der Waals surface area contributed by atoms with Crippen molar-refractivity contribution in [3.05, 3.63) is 51.6 Å². The molecule has 27 heavy (non-hydrogen) atoms. The summed E-state index contributed by atoms with van der Waals surface area (Å²) in [6.07, 6.45) is 0. The molecule has 0 aliphatic heterocycles. The van der Waals surface area contributed by atoms with Crippen molar-refractivity contribution in [1.29, 1.82) is 0 Å². The van der Waals surface area contributed by atoms with Gasteiger partial charge in [0.1, 0.15) is 0 Å². The van der Waals surface area contributed by atoms with Crippen LogP contribution in [0.15, 0.2) is 30.3 Å². The summed E-state index contributed by atoms with van der Waals surface area (Å²) in [7, 11) is 4.51. The second-order valence-electron chi connectivity index (χ2n) is 5.56. The SMILES string of the molecule is COc1ccc(CNC(=O)Nc2cc([N+](=O)[O-])ccc2C)c(OC)c1OC. The Hall–Kier alpha value is -3.49. The highest BCUT2D eigenvalue weighted by molar-refractivity contribution is 5.90. The predicted molar refractivity (Wildman–Crippen MR) is 99.8 cm³/mol. The molecule has 0 radical (unpaired) electrons. The molecule has 0 saturated carbocycles. The van der Waals surface area contributed by atoms with E-state index in [4.69, 9.17) is 14.2 Å². The van der Waals surface area contributed by atoms with Crippen LogP contribution in [0.2, 0.25) is 0 Å². The molecule has 0 unspecified atom stereocenters. The van der Waals surface area contributed by atoms with E-state index in [1.807, 2.05) is 0 Å². The van der Waals surface area contributed by atoms with Crippen LogP contribution in [-0.4, -0.2) is 32.3 Å². The maximum atomic E-state index is 12.2. The van der Waals surface area contributed by atoms with Crippen molar-refractivity contribution in [1.82, 2.24) is 5.32 Å². The number of urea groups is 1. The molecule has 2 amide bonds. The highest BCUT2D eigenvalue weighted by Crippen LogP contribution is 2.39. The van der Waals surface area contributed by atoms with E-state index in [2.05, 4.69) is 10.6 Å². The smallest absolute Gasteiger partial charge is 0.319 e. The number of nitrogens with one attached hydrogen (secondary N) is 2. The fraction of sp³-hybridized carbons (Fsp3) is 0.278. The van der Waals surface area contributed by atoms with Crippen LogP contribution in [0.3, 0.4) is 0 Å². The number of carbonyl (C=O) groups is 1. The van der Waals surface area contributed by atoms with E-state index in [-0.39, 0.29) is 12.2 Å². The third kappa shape index (κ3) is 4.57. The zero-order valence-electron chi connectivity index (χ0n) is 15.5. The van der Waals surface area contributed by atoms with Gasteiger partial charge in [0.15, 0.2) is 11.5 Å². The first kappa shape index (κ1) is 19.8. The number of rotatable bonds is 7. The molecule has 2 rings (SSSR count). The first-order valence-electron chi connectivity index (χ1n) is 7.99. The predicted octanol–water partition coefficient (Wildman–Crippen LogP) is 3.25. The second-order valence-corrected chi connectivity index (χ2v) is 5.56. The molecular formula is C18H21N3O6. The van der Waals surface area contributed by atoms with Gasteiger partial charge in [0.25, 0.3) is 5.69 Å². The number of nitro benzene ring substituents is 1. The van der Waals surface area contributed by atoms with Gasteiger partial charge in [-0.15, -0.1) is 0 Å².